The van der Waals surface area contributed by atoms with Gasteiger partial charge in [-0.1, -0.05) is 44.7 Å². The first kappa shape index (κ1) is 33.9. The number of benzene rings is 2. The molecule has 1 saturated carbocycles. The number of ether oxygens (including phenoxy) is 3. The van der Waals surface area contributed by atoms with Crippen LogP contribution in [0.2, 0.25) is 0 Å². The standard InChI is InChI=1S/C34H46F2N2O5/c1-2-3-6-9-25-10-15-28(16-11-25)34(35,36)43-31-17-12-26(13-18-31)14-19-32(39)41-20-7-4-5-8-21-42-33(40)27-22-29(37)24-30(38)23-27/h12-14,17-19,22-25,28H,2-11,15-16,20-21,37-38H2,1H3. The molecular formula is C34H46F2N2O5. The minimum atomic E-state index is -3.20. The molecule has 236 valence electrons. The minimum absolute atomic E-state index is 0.110. The molecule has 0 atom stereocenters. The largest absolute Gasteiger partial charge is 0.463 e. The highest BCUT2D eigenvalue weighted by Crippen LogP contribution is 2.41. The quantitative estimate of drug-likeness (QED) is 0.0814. The lowest BCUT2D eigenvalue weighted by Gasteiger charge is -2.33. The Balaban J connectivity index is 1.27. The molecular weight excluding hydrogens is 554 g/mol. The van der Waals surface area contributed by atoms with Crippen LogP contribution in [-0.2, 0) is 14.3 Å². The van der Waals surface area contributed by atoms with Gasteiger partial charge in [-0.25, -0.2) is 9.59 Å². The molecule has 2 aromatic carbocycles. The van der Waals surface area contributed by atoms with Crippen molar-refractivity contribution in [3.05, 3.63) is 59.7 Å². The molecule has 0 heterocycles. The number of halogens is 2. The molecule has 0 amide bonds. The molecule has 0 unspecified atom stereocenters. The zero-order valence-corrected chi connectivity index (χ0v) is 25.2. The summed E-state index contributed by atoms with van der Waals surface area (Å²) in [6.07, 6.45) is 10.0. The molecule has 3 rings (SSSR count). The second-order valence-corrected chi connectivity index (χ2v) is 11.4. The number of carbonyl (C=O) groups excluding carboxylic acids is 2. The molecule has 0 aliphatic heterocycles. The van der Waals surface area contributed by atoms with Gasteiger partial charge in [0.2, 0.25) is 0 Å². The second kappa shape index (κ2) is 17.5. The van der Waals surface area contributed by atoms with Gasteiger partial charge in [0.05, 0.1) is 24.7 Å². The van der Waals surface area contributed by atoms with E-state index in [1.54, 1.807) is 24.3 Å². The lowest BCUT2D eigenvalue weighted by atomic mass is 9.79. The number of rotatable bonds is 17. The zero-order chi connectivity index (χ0) is 31.1. The van der Waals surface area contributed by atoms with Crippen LogP contribution in [0.5, 0.6) is 5.75 Å². The molecule has 9 heteroatoms. The summed E-state index contributed by atoms with van der Waals surface area (Å²) in [5.74, 6) is -1.04. The Bertz CT molecular complexity index is 1160. The lowest BCUT2D eigenvalue weighted by Crippen LogP contribution is -2.37. The van der Waals surface area contributed by atoms with Gasteiger partial charge in [-0.2, -0.15) is 8.78 Å². The fourth-order valence-corrected chi connectivity index (χ4v) is 5.34. The number of hydrogen-bond donors (Lipinski definition) is 2. The molecule has 1 aliphatic carbocycles. The third-order valence-corrected chi connectivity index (χ3v) is 7.81. The van der Waals surface area contributed by atoms with E-state index < -0.39 is 24.0 Å². The summed E-state index contributed by atoms with van der Waals surface area (Å²) >= 11 is 0. The molecule has 4 N–H and O–H groups in total. The van der Waals surface area contributed by atoms with Crippen LogP contribution >= 0.6 is 0 Å². The van der Waals surface area contributed by atoms with Crippen molar-refractivity contribution in [2.45, 2.75) is 90.1 Å². The van der Waals surface area contributed by atoms with Crippen molar-refractivity contribution < 1.29 is 32.6 Å². The summed E-state index contributed by atoms with van der Waals surface area (Å²) in [7, 11) is 0. The van der Waals surface area contributed by atoms with Crippen molar-refractivity contribution >= 4 is 29.4 Å². The Morgan fingerprint density at radius 1 is 0.860 bits per heavy atom. The predicted molar refractivity (Wildman–Crippen MR) is 166 cm³/mol. The van der Waals surface area contributed by atoms with Gasteiger partial charge in [-0.05, 0) is 99.3 Å². The van der Waals surface area contributed by atoms with Crippen LogP contribution in [0.3, 0.4) is 0 Å². The van der Waals surface area contributed by atoms with E-state index in [0.29, 0.717) is 54.1 Å². The first-order chi connectivity index (χ1) is 20.7. The highest BCUT2D eigenvalue weighted by molar-refractivity contribution is 5.91. The van der Waals surface area contributed by atoms with Gasteiger partial charge in [0, 0.05) is 17.5 Å². The number of hydrogen-bond acceptors (Lipinski definition) is 7. The second-order valence-electron chi connectivity index (χ2n) is 11.4. The number of unbranched alkanes of at least 4 members (excludes halogenated alkanes) is 5. The SMILES string of the molecule is CCCCCC1CCC(C(F)(F)Oc2ccc(C=CC(=O)OCCCCCCOC(=O)c3cc(N)cc(N)c3)cc2)CC1. The van der Waals surface area contributed by atoms with Crippen LogP contribution in [0.4, 0.5) is 20.2 Å². The Morgan fingerprint density at radius 3 is 2.12 bits per heavy atom. The first-order valence-electron chi connectivity index (χ1n) is 15.5. The fraction of sp³-hybridized carbons (Fsp3) is 0.529. The average Bonchev–Trinajstić information content (AvgIpc) is 2.98. The number of nitrogens with two attached hydrogens (primary N) is 2. The molecule has 0 radical (unpaired) electrons. The molecule has 0 aromatic heterocycles. The van der Waals surface area contributed by atoms with Gasteiger partial charge in [-0.3, -0.25) is 0 Å². The van der Waals surface area contributed by atoms with Crippen molar-refractivity contribution in [2.24, 2.45) is 11.8 Å². The topological polar surface area (TPSA) is 114 Å². The van der Waals surface area contributed by atoms with Gasteiger partial charge in [0.1, 0.15) is 5.75 Å². The van der Waals surface area contributed by atoms with E-state index in [4.69, 9.17) is 25.7 Å². The Morgan fingerprint density at radius 2 is 1.49 bits per heavy atom. The summed E-state index contributed by atoms with van der Waals surface area (Å²) in [6.45, 7) is 2.72. The predicted octanol–water partition coefficient (Wildman–Crippen LogP) is 8.18. The lowest BCUT2D eigenvalue weighted by molar-refractivity contribution is -0.223. The van der Waals surface area contributed by atoms with Crippen LogP contribution in [0, 0.1) is 11.8 Å². The molecule has 7 nitrogen and oxygen atoms in total. The molecule has 0 bridgehead atoms. The fourth-order valence-electron chi connectivity index (χ4n) is 5.34. The molecule has 0 saturated heterocycles. The summed E-state index contributed by atoms with van der Waals surface area (Å²) in [5, 5.41) is 0. The van der Waals surface area contributed by atoms with Crippen LogP contribution in [0.25, 0.3) is 6.08 Å². The first-order valence-corrected chi connectivity index (χ1v) is 15.5. The van der Waals surface area contributed by atoms with Gasteiger partial charge >= 0.3 is 18.0 Å². The molecule has 0 spiro atoms. The van der Waals surface area contributed by atoms with E-state index in [1.807, 2.05) is 0 Å². The van der Waals surface area contributed by atoms with Gasteiger partial charge in [-0.15, -0.1) is 0 Å². The maximum atomic E-state index is 14.8. The van der Waals surface area contributed by atoms with Gasteiger partial charge in [0.25, 0.3) is 0 Å². The number of anilines is 2. The third-order valence-electron chi connectivity index (χ3n) is 7.81. The Hall–Kier alpha value is -3.62. The summed E-state index contributed by atoms with van der Waals surface area (Å²) in [5.41, 5.74) is 13.2. The Kier molecular flexibility index (Phi) is 13.8. The number of carbonyl (C=O) groups is 2. The average molecular weight is 601 g/mol. The summed E-state index contributed by atoms with van der Waals surface area (Å²) in [4.78, 5) is 24.1. The highest BCUT2D eigenvalue weighted by atomic mass is 19.3. The van der Waals surface area contributed by atoms with E-state index in [1.165, 1.54) is 49.6 Å². The molecule has 1 aliphatic rings. The van der Waals surface area contributed by atoms with Crippen LogP contribution in [0.15, 0.2) is 48.5 Å². The van der Waals surface area contributed by atoms with Crippen molar-refractivity contribution in [2.75, 3.05) is 24.7 Å². The third kappa shape index (κ3) is 12.3. The van der Waals surface area contributed by atoms with Gasteiger partial charge < -0.3 is 25.7 Å². The maximum Gasteiger partial charge on any atom is 0.400 e. The number of nitrogen functional groups attached to an aromatic ring is 2. The van der Waals surface area contributed by atoms with E-state index in [2.05, 4.69) is 6.92 Å². The van der Waals surface area contributed by atoms with E-state index in [0.717, 1.165) is 32.1 Å². The van der Waals surface area contributed by atoms with Crippen molar-refractivity contribution in [1.82, 2.24) is 0 Å². The van der Waals surface area contributed by atoms with Gasteiger partial charge in [0.15, 0.2) is 0 Å². The monoisotopic (exact) mass is 600 g/mol. The van der Waals surface area contributed by atoms with Crippen molar-refractivity contribution in [3.63, 3.8) is 0 Å². The maximum absolute atomic E-state index is 14.8. The zero-order valence-electron chi connectivity index (χ0n) is 25.2. The summed E-state index contributed by atoms with van der Waals surface area (Å²) in [6, 6.07) is 10.9. The molecule has 2 aromatic rings. The number of alkyl halides is 2. The van der Waals surface area contributed by atoms with Crippen molar-refractivity contribution in [3.8, 4) is 5.75 Å². The normalized spacial score (nSPS) is 17.1. The van der Waals surface area contributed by atoms with E-state index in [-0.39, 0.29) is 19.0 Å². The number of esters is 2. The van der Waals surface area contributed by atoms with E-state index in [9.17, 15) is 18.4 Å². The summed E-state index contributed by atoms with van der Waals surface area (Å²) < 4.78 is 45.2. The highest BCUT2D eigenvalue weighted by Gasteiger charge is 2.43. The smallest absolute Gasteiger partial charge is 0.400 e. The molecule has 43 heavy (non-hydrogen) atoms. The van der Waals surface area contributed by atoms with Crippen LogP contribution < -0.4 is 16.2 Å². The minimum Gasteiger partial charge on any atom is -0.463 e. The van der Waals surface area contributed by atoms with Crippen LogP contribution in [0.1, 0.15) is 99.9 Å². The Labute approximate surface area is 253 Å². The van der Waals surface area contributed by atoms with Crippen molar-refractivity contribution in [1.29, 1.82) is 0 Å². The van der Waals surface area contributed by atoms with E-state index >= 15 is 0 Å². The molecule has 1 fully saturated rings. The van der Waals surface area contributed by atoms with Crippen LogP contribution in [-0.4, -0.2) is 31.3 Å².